The van der Waals surface area contributed by atoms with Crippen LogP contribution in [0.3, 0.4) is 0 Å². The van der Waals surface area contributed by atoms with Crippen molar-refractivity contribution < 1.29 is 8.42 Å². The van der Waals surface area contributed by atoms with Gasteiger partial charge in [-0.3, -0.25) is 0 Å². The molecule has 2 aromatic rings. The van der Waals surface area contributed by atoms with Crippen LogP contribution >= 0.6 is 11.8 Å². The van der Waals surface area contributed by atoms with Gasteiger partial charge in [-0.15, -0.1) is 0 Å². The van der Waals surface area contributed by atoms with E-state index in [1.807, 2.05) is 31.4 Å². The summed E-state index contributed by atoms with van der Waals surface area (Å²) in [6.45, 7) is 1.98. The molecule has 0 saturated carbocycles. The quantitative estimate of drug-likeness (QED) is 0.802. The first kappa shape index (κ1) is 16.1. The zero-order chi connectivity index (χ0) is 15.5. The number of fused-ring (bicyclic) bond motifs is 1. The standard InChI is InChI=1S/C15H20N2O2S2/c1-3-11(10-20-2)17-21(18,19)15-9-8-14(16)12-6-4-5-7-13(12)15/h4-9,11,17H,3,10,16H2,1-2H3. The molecule has 0 aliphatic heterocycles. The van der Waals surface area contributed by atoms with Crippen LogP contribution in [0.25, 0.3) is 10.8 Å². The Labute approximate surface area is 130 Å². The van der Waals surface area contributed by atoms with Gasteiger partial charge in [0.15, 0.2) is 0 Å². The maximum atomic E-state index is 12.6. The van der Waals surface area contributed by atoms with E-state index in [-0.39, 0.29) is 10.9 Å². The highest BCUT2D eigenvalue weighted by Gasteiger charge is 2.21. The molecule has 0 heterocycles. The molecule has 3 N–H and O–H groups in total. The Morgan fingerprint density at radius 2 is 1.86 bits per heavy atom. The lowest BCUT2D eigenvalue weighted by Crippen LogP contribution is -2.36. The molecule has 0 aliphatic carbocycles. The third kappa shape index (κ3) is 3.51. The Bertz CT molecular complexity index is 730. The van der Waals surface area contributed by atoms with E-state index in [9.17, 15) is 8.42 Å². The number of nitrogens with one attached hydrogen (secondary N) is 1. The van der Waals surface area contributed by atoms with Crippen molar-refractivity contribution in [3.63, 3.8) is 0 Å². The molecule has 4 nitrogen and oxygen atoms in total. The number of hydrogen-bond acceptors (Lipinski definition) is 4. The summed E-state index contributed by atoms with van der Waals surface area (Å²) in [5, 5.41) is 1.42. The van der Waals surface area contributed by atoms with Crippen molar-refractivity contribution in [1.82, 2.24) is 4.72 Å². The average Bonchev–Trinajstić information content (AvgIpc) is 2.47. The summed E-state index contributed by atoms with van der Waals surface area (Å²) in [4.78, 5) is 0.284. The number of thioether (sulfide) groups is 1. The number of benzene rings is 2. The SMILES string of the molecule is CCC(CSC)NS(=O)(=O)c1ccc(N)c2ccccc12. The zero-order valence-corrected chi connectivity index (χ0v) is 13.8. The smallest absolute Gasteiger partial charge is 0.241 e. The monoisotopic (exact) mass is 324 g/mol. The van der Waals surface area contributed by atoms with Gasteiger partial charge in [0.2, 0.25) is 10.0 Å². The van der Waals surface area contributed by atoms with Gasteiger partial charge in [-0.05, 0) is 24.8 Å². The summed E-state index contributed by atoms with van der Waals surface area (Å²) in [7, 11) is -3.56. The molecule has 0 fully saturated rings. The van der Waals surface area contributed by atoms with Gasteiger partial charge in [0.05, 0.1) is 4.90 Å². The first-order valence-corrected chi connectivity index (χ1v) is 9.65. The average molecular weight is 324 g/mol. The molecule has 114 valence electrons. The number of rotatable bonds is 6. The van der Waals surface area contributed by atoms with Crippen molar-refractivity contribution in [2.45, 2.75) is 24.3 Å². The summed E-state index contributed by atoms with van der Waals surface area (Å²) in [6, 6.07) is 10.4. The van der Waals surface area contributed by atoms with Crippen LogP contribution in [0.2, 0.25) is 0 Å². The van der Waals surface area contributed by atoms with Crippen LogP contribution in [0, 0.1) is 0 Å². The van der Waals surface area contributed by atoms with Crippen molar-refractivity contribution in [3.8, 4) is 0 Å². The van der Waals surface area contributed by atoms with Crippen LogP contribution in [-0.4, -0.2) is 26.5 Å². The molecule has 0 saturated heterocycles. The highest BCUT2D eigenvalue weighted by atomic mass is 32.2. The number of nitrogens with two attached hydrogens (primary N) is 1. The maximum absolute atomic E-state index is 12.6. The molecule has 0 spiro atoms. The second-order valence-corrected chi connectivity index (χ2v) is 7.47. The second kappa shape index (κ2) is 6.68. The van der Waals surface area contributed by atoms with Crippen LogP contribution in [0.1, 0.15) is 13.3 Å². The second-order valence-electron chi connectivity index (χ2n) is 4.88. The van der Waals surface area contributed by atoms with E-state index in [0.29, 0.717) is 11.1 Å². The first-order valence-electron chi connectivity index (χ1n) is 6.78. The lowest BCUT2D eigenvalue weighted by Gasteiger charge is -2.17. The van der Waals surface area contributed by atoms with E-state index in [4.69, 9.17) is 5.73 Å². The van der Waals surface area contributed by atoms with Gasteiger partial charge in [-0.1, -0.05) is 31.2 Å². The molecule has 21 heavy (non-hydrogen) atoms. The van der Waals surface area contributed by atoms with Gasteiger partial charge >= 0.3 is 0 Å². The van der Waals surface area contributed by atoms with Gasteiger partial charge in [-0.25, -0.2) is 13.1 Å². The predicted molar refractivity (Wildman–Crippen MR) is 91.1 cm³/mol. The molecule has 2 rings (SSSR count). The predicted octanol–water partition coefficient (Wildman–Crippen LogP) is 2.84. The van der Waals surface area contributed by atoms with Crippen LogP contribution < -0.4 is 10.5 Å². The van der Waals surface area contributed by atoms with Gasteiger partial charge in [-0.2, -0.15) is 11.8 Å². The summed E-state index contributed by atoms with van der Waals surface area (Å²) in [5.74, 6) is 0.753. The highest BCUT2D eigenvalue weighted by molar-refractivity contribution is 7.98. The van der Waals surface area contributed by atoms with E-state index < -0.39 is 10.0 Å². The summed E-state index contributed by atoms with van der Waals surface area (Å²) < 4.78 is 28.1. The third-order valence-electron chi connectivity index (χ3n) is 3.39. The van der Waals surface area contributed by atoms with E-state index in [2.05, 4.69) is 4.72 Å². The molecule has 0 amide bonds. The van der Waals surface area contributed by atoms with Crippen LogP contribution in [0.4, 0.5) is 5.69 Å². The Morgan fingerprint density at radius 1 is 1.19 bits per heavy atom. The van der Waals surface area contributed by atoms with Crippen molar-refractivity contribution in [3.05, 3.63) is 36.4 Å². The molecule has 0 bridgehead atoms. The molecule has 6 heteroatoms. The highest BCUT2D eigenvalue weighted by Crippen LogP contribution is 2.27. The fourth-order valence-corrected chi connectivity index (χ4v) is 4.61. The Balaban J connectivity index is 2.48. The number of sulfonamides is 1. The van der Waals surface area contributed by atoms with E-state index in [1.54, 1.807) is 30.0 Å². The fraction of sp³-hybridized carbons (Fsp3) is 0.333. The number of anilines is 1. The van der Waals surface area contributed by atoms with Crippen molar-refractivity contribution in [2.24, 2.45) is 0 Å². The number of hydrogen-bond donors (Lipinski definition) is 2. The minimum atomic E-state index is -3.56. The van der Waals surface area contributed by atoms with E-state index >= 15 is 0 Å². The Hall–Kier alpha value is -1.24. The van der Waals surface area contributed by atoms with Crippen LogP contribution in [0.15, 0.2) is 41.3 Å². The maximum Gasteiger partial charge on any atom is 0.241 e. The lowest BCUT2D eigenvalue weighted by molar-refractivity contribution is 0.559. The third-order valence-corrected chi connectivity index (χ3v) is 5.70. The van der Waals surface area contributed by atoms with Crippen molar-refractivity contribution in [1.29, 1.82) is 0 Å². The Morgan fingerprint density at radius 3 is 2.48 bits per heavy atom. The fourth-order valence-electron chi connectivity index (χ4n) is 2.25. The molecule has 0 radical (unpaired) electrons. The van der Waals surface area contributed by atoms with Crippen molar-refractivity contribution in [2.75, 3.05) is 17.7 Å². The molecule has 0 aromatic heterocycles. The molecular weight excluding hydrogens is 304 g/mol. The summed E-state index contributed by atoms with van der Waals surface area (Å²) in [5.41, 5.74) is 6.51. The summed E-state index contributed by atoms with van der Waals surface area (Å²) in [6.07, 6.45) is 2.72. The molecule has 1 unspecified atom stereocenters. The largest absolute Gasteiger partial charge is 0.398 e. The van der Waals surface area contributed by atoms with Crippen LogP contribution in [-0.2, 0) is 10.0 Å². The molecule has 1 atom stereocenters. The first-order chi connectivity index (χ1) is 9.99. The van der Waals surface area contributed by atoms with Gasteiger partial charge in [0, 0.05) is 28.3 Å². The topological polar surface area (TPSA) is 72.2 Å². The van der Waals surface area contributed by atoms with E-state index in [1.165, 1.54) is 0 Å². The van der Waals surface area contributed by atoms with Crippen LogP contribution in [0.5, 0.6) is 0 Å². The minimum Gasteiger partial charge on any atom is -0.398 e. The van der Waals surface area contributed by atoms with Gasteiger partial charge in [0.1, 0.15) is 0 Å². The molecular formula is C15H20N2O2S2. The minimum absolute atomic E-state index is 0.0682. The van der Waals surface area contributed by atoms with Crippen molar-refractivity contribution >= 4 is 38.2 Å². The van der Waals surface area contributed by atoms with E-state index in [0.717, 1.165) is 17.6 Å². The lowest BCUT2D eigenvalue weighted by atomic mass is 10.1. The number of nitrogen functional groups attached to an aromatic ring is 1. The van der Waals surface area contributed by atoms with Gasteiger partial charge < -0.3 is 5.73 Å². The van der Waals surface area contributed by atoms with Gasteiger partial charge in [0.25, 0.3) is 0 Å². The normalized spacial score (nSPS) is 13.4. The molecule has 2 aromatic carbocycles. The molecule has 0 aliphatic rings. The summed E-state index contributed by atoms with van der Waals surface area (Å²) >= 11 is 1.63. The Kier molecular flexibility index (Phi) is 5.13. The zero-order valence-electron chi connectivity index (χ0n) is 12.2.